The first-order valence-electron chi connectivity index (χ1n) is 13.8. The molecule has 7 rings (SSSR count). The maximum absolute atomic E-state index is 13.7. The standard InChI is InChI=1S/C34H25ClN2O5S/c1-19-15-23-16-22(9-14-27(23)42-19)31(38)29-30(21-7-11-25(12-8-21)41-18-20-5-3-2-4-6-20)37(33(40)32(29)39)34-36-26-13-10-24(35)17-28(26)43-34/h2-14,16-17,19,30,38H,15,18H2,1H3/b31-29+/t19-,30+/m1/s1. The first kappa shape index (κ1) is 27.2. The lowest BCUT2D eigenvalue weighted by molar-refractivity contribution is -0.132. The highest BCUT2D eigenvalue weighted by Crippen LogP contribution is 2.45. The number of aliphatic hydroxyl groups is 1. The summed E-state index contributed by atoms with van der Waals surface area (Å²) in [6, 6.07) is 26.7. The summed E-state index contributed by atoms with van der Waals surface area (Å²) in [6.45, 7) is 2.37. The molecule has 3 heterocycles. The van der Waals surface area contributed by atoms with Crippen molar-refractivity contribution in [1.29, 1.82) is 0 Å². The van der Waals surface area contributed by atoms with Gasteiger partial charge in [-0.3, -0.25) is 14.5 Å². The fraction of sp³-hybridized carbons (Fsp3) is 0.147. The summed E-state index contributed by atoms with van der Waals surface area (Å²) in [6.07, 6.45) is 0.709. The first-order valence-corrected chi connectivity index (χ1v) is 15.0. The zero-order valence-corrected chi connectivity index (χ0v) is 24.6. The highest BCUT2D eigenvalue weighted by Gasteiger charge is 2.48. The Bertz CT molecular complexity index is 1920. The minimum absolute atomic E-state index is 0.00726. The van der Waals surface area contributed by atoms with Crippen LogP contribution in [0.15, 0.2) is 96.6 Å². The highest BCUT2D eigenvalue weighted by atomic mass is 35.5. The number of aliphatic hydroxyl groups excluding tert-OH is 1. The number of amides is 1. The van der Waals surface area contributed by atoms with E-state index < -0.39 is 17.7 Å². The van der Waals surface area contributed by atoms with Crippen LogP contribution in [0.25, 0.3) is 16.0 Å². The van der Waals surface area contributed by atoms with Crippen LogP contribution < -0.4 is 14.4 Å². The van der Waals surface area contributed by atoms with Crippen molar-refractivity contribution >= 4 is 55.7 Å². The molecule has 1 fully saturated rings. The van der Waals surface area contributed by atoms with Gasteiger partial charge in [0.05, 0.1) is 21.8 Å². The van der Waals surface area contributed by atoms with Crippen LogP contribution in [0.3, 0.4) is 0 Å². The van der Waals surface area contributed by atoms with E-state index in [1.165, 1.54) is 16.2 Å². The number of nitrogens with zero attached hydrogens (tertiary/aromatic N) is 2. The molecular weight excluding hydrogens is 584 g/mol. The maximum atomic E-state index is 13.7. The number of ketones is 1. The predicted molar refractivity (Wildman–Crippen MR) is 167 cm³/mol. The predicted octanol–water partition coefficient (Wildman–Crippen LogP) is 7.48. The molecule has 2 aliphatic rings. The number of ether oxygens (including phenoxy) is 2. The summed E-state index contributed by atoms with van der Waals surface area (Å²) in [5, 5.41) is 12.5. The van der Waals surface area contributed by atoms with E-state index in [0.717, 1.165) is 21.6 Å². The molecule has 0 spiro atoms. The largest absolute Gasteiger partial charge is 0.507 e. The van der Waals surface area contributed by atoms with E-state index >= 15 is 0 Å². The van der Waals surface area contributed by atoms with E-state index in [2.05, 4.69) is 4.98 Å². The summed E-state index contributed by atoms with van der Waals surface area (Å²) in [4.78, 5) is 33.4. The molecule has 7 nitrogen and oxygen atoms in total. The summed E-state index contributed by atoms with van der Waals surface area (Å²) in [5.74, 6) is -0.414. The summed E-state index contributed by atoms with van der Waals surface area (Å²) in [5.41, 5.74) is 3.69. The van der Waals surface area contributed by atoms with Gasteiger partial charge in [-0.2, -0.15) is 0 Å². The lowest BCUT2D eigenvalue weighted by atomic mass is 9.94. The average Bonchev–Trinajstić information content (AvgIpc) is 3.68. The third-order valence-corrected chi connectivity index (χ3v) is 8.86. The monoisotopic (exact) mass is 608 g/mol. The number of rotatable bonds is 6. The number of aromatic nitrogens is 1. The molecule has 1 saturated heterocycles. The molecule has 5 aromatic rings. The number of halogens is 1. The van der Waals surface area contributed by atoms with Crippen LogP contribution in [0.4, 0.5) is 5.13 Å². The molecule has 43 heavy (non-hydrogen) atoms. The number of fused-ring (bicyclic) bond motifs is 2. The van der Waals surface area contributed by atoms with Gasteiger partial charge in [-0.25, -0.2) is 4.98 Å². The van der Waals surface area contributed by atoms with Crippen molar-refractivity contribution in [2.75, 3.05) is 4.90 Å². The molecule has 0 saturated carbocycles. The van der Waals surface area contributed by atoms with E-state index in [1.54, 1.807) is 54.6 Å². The molecule has 1 N–H and O–H groups in total. The second kappa shape index (κ2) is 10.9. The lowest BCUT2D eigenvalue weighted by Gasteiger charge is -2.23. The quantitative estimate of drug-likeness (QED) is 0.122. The van der Waals surface area contributed by atoms with E-state index in [-0.39, 0.29) is 17.4 Å². The average molecular weight is 609 g/mol. The Morgan fingerprint density at radius 1 is 1.05 bits per heavy atom. The minimum Gasteiger partial charge on any atom is -0.507 e. The third-order valence-electron chi connectivity index (χ3n) is 7.60. The molecule has 9 heteroatoms. The minimum atomic E-state index is -0.914. The second-order valence-corrected chi connectivity index (χ2v) is 12.0. The highest BCUT2D eigenvalue weighted by molar-refractivity contribution is 7.22. The van der Waals surface area contributed by atoms with Crippen molar-refractivity contribution in [2.24, 2.45) is 0 Å². The Kier molecular flexibility index (Phi) is 6.88. The third kappa shape index (κ3) is 5.02. The van der Waals surface area contributed by atoms with Gasteiger partial charge in [-0.1, -0.05) is 65.4 Å². The van der Waals surface area contributed by atoms with Crippen molar-refractivity contribution in [3.63, 3.8) is 0 Å². The van der Waals surface area contributed by atoms with Gasteiger partial charge in [0.25, 0.3) is 5.78 Å². The molecule has 1 aromatic heterocycles. The SMILES string of the molecule is C[C@@H]1Cc2cc(/C(O)=C3\C(=O)C(=O)N(c4nc5ccc(Cl)cc5s4)[C@H]3c3ccc(OCc4ccccc4)cc3)ccc2O1. The Balaban J connectivity index is 1.31. The fourth-order valence-corrected chi connectivity index (χ4v) is 6.81. The summed E-state index contributed by atoms with van der Waals surface area (Å²) < 4.78 is 12.6. The molecule has 4 aromatic carbocycles. The Morgan fingerprint density at radius 2 is 1.84 bits per heavy atom. The van der Waals surface area contributed by atoms with Gasteiger partial charge in [0, 0.05) is 17.0 Å². The van der Waals surface area contributed by atoms with Crippen molar-refractivity contribution in [1.82, 2.24) is 4.98 Å². The fourth-order valence-electron chi connectivity index (χ4n) is 5.55. The van der Waals surface area contributed by atoms with Gasteiger partial charge in [0.15, 0.2) is 5.13 Å². The molecule has 0 bridgehead atoms. The number of thiazole rings is 1. The molecule has 1 amide bonds. The maximum Gasteiger partial charge on any atom is 0.301 e. The number of benzene rings is 4. The normalized spacial score (nSPS) is 19.1. The van der Waals surface area contributed by atoms with Crippen LogP contribution in [-0.4, -0.2) is 27.9 Å². The smallest absolute Gasteiger partial charge is 0.301 e. The van der Waals surface area contributed by atoms with E-state index in [1.807, 2.05) is 43.3 Å². The van der Waals surface area contributed by atoms with Gasteiger partial charge in [0.2, 0.25) is 0 Å². The number of carbonyl (C=O) groups is 2. The Labute approximate surface area is 256 Å². The van der Waals surface area contributed by atoms with Crippen LogP contribution in [0.1, 0.15) is 35.2 Å². The van der Waals surface area contributed by atoms with Crippen molar-refractivity contribution in [3.8, 4) is 11.5 Å². The Morgan fingerprint density at radius 3 is 2.63 bits per heavy atom. The summed E-state index contributed by atoms with van der Waals surface area (Å²) in [7, 11) is 0. The van der Waals surface area contributed by atoms with Crippen LogP contribution in [0, 0.1) is 0 Å². The molecular formula is C34H25ClN2O5S. The van der Waals surface area contributed by atoms with Crippen molar-refractivity contribution in [2.45, 2.75) is 32.1 Å². The number of hydrogen-bond donors (Lipinski definition) is 1. The molecule has 214 valence electrons. The zero-order valence-electron chi connectivity index (χ0n) is 23.0. The Hall–Kier alpha value is -4.66. The van der Waals surface area contributed by atoms with Crippen LogP contribution in [0.2, 0.25) is 5.02 Å². The van der Waals surface area contributed by atoms with Gasteiger partial charge >= 0.3 is 5.91 Å². The number of hydrogen-bond acceptors (Lipinski definition) is 7. The van der Waals surface area contributed by atoms with Gasteiger partial charge in [0.1, 0.15) is 30.0 Å². The molecule has 2 aliphatic heterocycles. The summed E-state index contributed by atoms with van der Waals surface area (Å²) >= 11 is 7.47. The number of Topliss-reactive ketones (excluding diaryl/α,β-unsaturated/α-hetero) is 1. The first-order chi connectivity index (χ1) is 20.9. The molecule has 0 radical (unpaired) electrons. The van der Waals surface area contributed by atoms with Gasteiger partial charge in [-0.05, 0) is 72.1 Å². The second-order valence-electron chi connectivity index (χ2n) is 10.6. The van der Waals surface area contributed by atoms with Crippen LogP contribution >= 0.6 is 22.9 Å². The molecule has 2 atom stereocenters. The van der Waals surface area contributed by atoms with E-state index in [9.17, 15) is 14.7 Å². The molecule has 0 aliphatic carbocycles. The van der Waals surface area contributed by atoms with Crippen molar-refractivity contribution in [3.05, 3.63) is 124 Å². The van der Waals surface area contributed by atoms with Gasteiger partial charge < -0.3 is 14.6 Å². The van der Waals surface area contributed by atoms with E-state index in [4.69, 9.17) is 21.1 Å². The van der Waals surface area contributed by atoms with Crippen LogP contribution in [0.5, 0.6) is 11.5 Å². The lowest BCUT2D eigenvalue weighted by Crippen LogP contribution is -2.29. The van der Waals surface area contributed by atoms with Crippen molar-refractivity contribution < 1.29 is 24.2 Å². The number of anilines is 1. The number of carbonyl (C=O) groups excluding carboxylic acids is 2. The topological polar surface area (TPSA) is 89.0 Å². The zero-order chi connectivity index (χ0) is 29.7. The van der Waals surface area contributed by atoms with E-state index in [0.29, 0.717) is 45.6 Å². The van der Waals surface area contributed by atoms with Crippen LogP contribution in [-0.2, 0) is 22.6 Å². The van der Waals surface area contributed by atoms with Gasteiger partial charge in [-0.15, -0.1) is 0 Å². The molecule has 0 unspecified atom stereocenters.